The van der Waals surface area contributed by atoms with Crippen molar-refractivity contribution in [2.24, 2.45) is 4.99 Å². The Morgan fingerprint density at radius 1 is 1.00 bits per heavy atom. The van der Waals surface area contributed by atoms with E-state index in [0.717, 1.165) is 36.7 Å². The molecule has 0 atom stereocenters. The maximum Gasteiger partial charge on any atom is 0.251 e. The number of carbonyl (C=O) groups excluding carboxylic acids is 1. The van der Waals surface area contributed by atoms with Gasteiger partial charge in [0.25, 0.3) is 5.91 Å². The summed E-state index contributed by atoms with van der Waals surface area (Å²) in [6, 6.07) is 13.5. The monoisotopic (exact) mass is 353 g/mol. The Kier molecular flexibility index (Phi) is 8.12. The minimum atomic E-state index is -0.0490. The van der Waals surface area contributed by atoms with Gasteiger partial charge in [0.2, 0.25) is 0 Å². The summed E-state index contributed by atoms with van der Waals surface area (Å²) in [6.07, 6.45) is 2.64. The average Bonchev–Trinajstić information content (AvgIpc) is 2.67. The Morgan fingerprint density at radius 3 is 2.42 bits per heavy atom. The van der Waals surface area contributed by atoms with Crippen LogP contribution in [0.3, 0.4) is 0 Å². The van der Waals surface area contributed by atoms with Gasteiger partial charge in [-0.1, -0.05) is 18.2 Å². The van der Waals surface area contributed by atoms with Crippen LogP contribution >= 0.6 is 0 Å². The highest BCUT2D eigenvalue weighted by atomic mass is 16.1. The second-order valence-corrected chi connectivity index (χ2v) is 5.75. The van der Waals surface area contributed by atoms with Crippen molar-refractivity contribution < 1.29 is 4.79 Å². The lowest BCUT2D eigenvalue weighted by atomic mass is 10.1. The summed E-state index contributed by atoms with van der Waals surface area (Å²) in [5.74, 6) is 0.725. The quantitative estimate of drug-likeness (QED) is 0.502. The third kappa shape index (κ3) is 6.55. The first kappa shape index (κ1) is 19.4. The summed E-state index contributed by atoms with van der Waals surface area (Å²) in [6.45, 7) is 6.68. The van der Waals surface area contributed by atoms with Gasteiger partial charge >= 0.3 is 0 Å². The summed E-state index contributed by atoms with van der Waals surface area (Å²) in [4.78, 5) is 20.7. The fourth-order valence-corrected chi connectivity index (χ4v) is 2.39. The third-order valence-corrected chi connectivity index (χ3v) is 3.72. The first-order valence-corrected chi connectivity index (χ1v) is 9.02. The zero-order valence-corrected chi connectivity index (χ0v) is 15.5. The number of pyridine rings is 1. The van der Waals surface area contributed by atoms with Gasteiger partial charge in [-0.25, -0.2) is 4.99 Å². The molecule has 26 heavy (non-hydrogen) atoms. The largest absolute Gasteiger partial charge is 0.357 e. The van der Waals surface area contributed by atoms with E-state index in [-0.39, 0.29) is 5.91 Å². The first-order chi connectivity index (χ1) is 12.7. The van der Waals surface area contributed by atoms with E-state index in [9.17, 15) is 4.79 Å². The third-order valence-electron chi connectivity index (χ3n) is 3.72. The maximum absolute atomic E-state index is 11.8. The van der Waals surface area contributed by atoms with E-state index < -0.39 is 0 Å². The van der Waals surface area contributed by atoms with Gasteiger partial charge in [-0.05, 0) is 43.7 Å². The van der Waals surface area contributed by atoms with Crippen LogP contribution in [0.15, 0.2) is 53.7 Å². The average molecular weight is 353 g/mol. The number of carbonyl (C=O) groups is 1. The molecule has 6 heteroatoms. The van der Waals surface area contributed by atoms with Crippen LogP contribution in [0, 0.1) is 0 Å². The topological polar surface area (TPSA) is 78.4 Å². The van der Waals surface area contributed by atoms with E-state index in [1.165, 1.54) is 0 Å². The Morgan fingerprint density at radius 2 is 1.77 bits per heavy atom. The SMILES string of the molecule is CCNC(=O)c1ccc(CN=C(NCC)NCCc2ccccn2)cc1. The molecule has 6 nitrogen and oxygen atoms in total. The van der Waals surface area contributed by atoms with Gasteiger partial charge in [-0.15, -0.1) is 0 Å². The van der Waals surface area contributed by atoms with Gasteiger partial charge in [0.05, 0.1) is 6.54 Å². The van der Waals surface area contributed by atoms with E-state index in [4.69, 9.17) is 0 Å². The zero-order chi connectivity index (χ0) is 18.6. The molecule has 1 aromatic carbocycles. The van der Waals surface area contributed by atoms with E-state index in [1.807, 2.05) is 56.3 Å². The molecular formula is C20H27N5O. The fraction of sp³-hybridized carbons (Fsp3) is 0.350. The number of aromatic nitrogens is 1. The van der Waals surface area contributed by atoms with Gasteiger partial charge in [0.1, 0.15) is 0 Å². The number of rotatable bonds is 8. The lowest BCUT2D eigenvalue weighted by Crippen LogP contribution is -2.38. The molecule has 0 spiro atoms. The van der Waals surface area contributed by atoms with Crippen molar-refractivity contribution >= 4 is 11.9 Å². The molecule has 0 fully saturated rings. The van der Waals surface area contributed by atoms with Gasteiger partial charge in [-0.3, -0.25) is 9.78 Å². The van der Waals surface area contributed by atoms with Crippen molar-refractivity contribution in [3.8, 4) is 0 Å². The number of hydrogen-bond acceptors (Lipinski definition) is 3. The first-order valence-electron chi connectivity index (χ1n) is 9.02. The molecule has 1 aromatic heterocycles. The molecule has 0 bridgehead atoms. The molecule has 0 radical (unpaired) electrons. The Bertz CT molecular complexity index is 698. The van der Waals surface area contributed by atoms with Gasteiger partial charge in [0.15, 0.2) is 5.96 Å². The highest BCUT2D eigenvalue weighted by Crippen LogP contribution is 2.06. The second-order valence-electron chi connectivity index (χ2n) is 5.75. The van der Waals surface area contributed by atoms with Crippen LogP contribution in [0.1, 0.15) is 35.5 Å². The predicted octanol–water partition coefficient (Wildman–Crippen LogP) is 2.13. The smallest absolute Gasteiger partial charge is 0.251 e. The van der Waals surface area contributed by atoms with Crippen LogP contribution in [0.25, 0.3) is 0 Å². The van der Waals surface area contributed by atoms with Crippen molar-refractivity contribution in [2.75, 3.05) is 19.6 Å². The molecule has 2 aromatic rings. The number of aliphatic imine (C=N–C) groups is 1. The molecule has 138 valence electrons. The molecular weight excluding hydrogens is 326 g/mol. The lowest BCUT2D eigenvalue weighted by Gasteiger charge is -2.11. The Labute approximate surface area is 155 Å². The standard InChI is InChI=1S/C20H27N5O/c1-3-21-19(26)17-10-8-16(9-11-17)15-25-20(22-4-2)24-14-12-18-7-5-6-13-23-18/h5-11,13H,3-4,12,14-15H2,1-2H3,(H,21,26)(H2,22,24,25). The fourth-order valence-electron chi connectivity index (χ4n) is 2.39. The van der Waals surface area contributed by atoms with Crippen LogP contribution in [-0.4, -0.2) is 36.5 Å². The summed E-state index contributed by atoms with van der Waals surface area (Å²) in [7, 11) is 0. The molecule has 0 unspecified atom stereocenters. The Hall–Kier alpha value is -2.89. The maximum atomic E-state index is 11.8. The van der Waals surface area contributed by atoms with Crippen molar-refractivity contribution in [2.45, 2.75) is 26.8 Å². The molecule has 1 amide bonds. The molecule has 0 saturated heterocycles. The highest BCUT2D eigenvalue weighted by Gasteiger charge is 2.04. The van der Waals surface area contributed by atoms with Gasteiger partial charge < -0.3 is 16.0 Å². The van der Waals surface area contributed by atoms with Crippen molar-refractivity contribution in [1.82, 2.24) is 20.9 Å². The van der Waals surface area contributed by atoms with Crippen LogP contribution in [-0.2, 0) is 13.0 Å². The van der Waals surface area contributed by atoms with E-state index in [1.54, 1.807) is 6.20 Å². The number of amides is 1. The van der Waals surface area contributed by atoms with Crippen LogP contribution in [0.5, 0.6) is 0 Å². The van der Waals surface area contributed by atoms with Crippen molar-refractivity contribution in [3.05, 3.63) is 65.5 Å². The number of nitrogens with one attached hydrogen (secondary N) is 3. The minimum Gasteiger partial charge on any atom is -0.357 e. The normalized spacial score (nSPS) is 11.1. The molecule has 2 rings (SSSR count). The number of benzene rings is 1. The van der Waals surface area contributed by atoms with E-state index in [0.29, 0.717) is 18.7 Å². The summed E-state index contributed by atoms with van der Waals surface area (Å²) in [5, 5.41) is 9.35. The molecule has 0 saturated carbocycles. The number of guanidine groups is 1. The van der Waals surface area contributed by atoms with Crippen LogP contribution in [0.4, 0.5) is 0 Å². The highest BCUT2D eigenvalue weighted by molar-refractivity contribution is 5.94. The van der Waals surface area contributed by atoms with E-state index in [2.05, 4.69) is 25.9 Å². The Balaban J connectivity index is 1.88. The summed E-state index contributed by atoms with van der Waals surface area (Å²) in [5.41, 5.74) is 2.77. The minimum absolute atomic E-state index is 0.0490. The molecule has 0 aliphatic rings. The van der Waals surface area contributed by atoms with Crippen molar-refractivity contribution in [3.63, 3.8) is 0 Å². The van der Waals surface area contributed by atoms with Crippen molar-refractivity contribution in [1.29, 1.82) is 0 Å². The van der Waals surface area contributed by atoms with Gasteiger partial charge in [0, 0.05) is 43.5 Å². The molecule has 3 N–H and O–H groups in total. The predicted molar refractivity (Wildman–Crippen MR) is 105 cm³/mol. The molecule has 1 heterocycles. The molecule has 0 aliphatic heterocycles. The summed E-state index contributed by atoms with van der Waals surface area (Å²) >= 11 is 0. The van der Waals surface area contributed by atoms with Gasteiger partial charge in [-0.2, -0.15) is 0 Å². The summed E-state index contributed by atoms with van der Waals surface area (Å²) < 4.78 is 0. The van der Waals surface area contributed by atoms with Crippen LogP contribution < -0.4 is 16.0 Å². The molecule has 0 aliphatic carbocycles. The number of hydrogen-bond donors (Lipinski definition) is 3. The van der Waals surface area contributed by atoms with Crippen LogP contribution in [0.2, 0.25) is 0 Å². The van der Waals surface area contributed by atoms with E-state index >= 15 is 0 Å². The second kappa shape index (κ2) is 10.9. The lowest BCUT2D eigenvalue weighted by molar-refractivity contribution is 0.0956. The number of nitrogens with zero attached hydrogens (tertiary/aromatic N) is 2. The zero-order valence-electron chi connectivity index (χ0n) is 15.5.